The van der Waals surface area contributed by atoms with Gasteiger partial charge in [0.25, 0.3) is 5.92 Å². The molecule has 134 valence electrons. The number of esters is 2. The first-order valence-electron chi connectivity index (χ1n) is 8.69. The smallest absolute Gasteiger partial charge is 0.338 e. The summed E-state index contributed by atoms with van der Waals surface area (Å²) in [5.74, 6) is -3.65. The highest BCUT2D eigenvalue weighted by Gasteiger charge is 2.65. The van der Waals surface area contributed by atoms with Crippen LogP contribution in [0.15, 0.2) is 0 Å². The molecule has 4 bridgehead atoms. The van der Waals surface area contributed by atoms with E-state index in [-0.39, 0.29) is 18.3 Å². The number of carbonyl (C=O) groups is 2. The predicted octanol–water partition coefficient (Wildman–Crippen LogP) is 2.67. The summed E-state index contributed by atoms with van der Waals surface area (Å²) in [5.41, 5.74) is 0. The molecule has 1 atom stereocenters. The molecule has 1 unspecified atom stereocenters. The molecule has 7 heteroatoms. The third-order valence-electron chi connectivity index (χ3n) is 5.96. The minimum absolute atomic E-state index is 0.193. The molecule has 0 aromatic heterocycles. The van der Waals surface area contributed by atoms with E-state index in [0.29, 0.717) is 18.8 Å². The van der Waals surface area contributed by atoms with Crippen LogP contribution in [-0.2, 0) is 23.8 Å². The first-order valence-corrected chi connectivity index (χ1v) is 8.69. The molecule has 1 aliphatic heterocycles. The normalized spacial score (nSPS) is 43.3. The van der Waals surface area contributed by atoms with Crippen molar-refractivity contribution in [2.24, 2.45) is 23.7 Å². The molecule has 4 saturated carbocycles. The average molecular weight is 344 g/mol. The van der Waals surface area contributed by atoms with E-state index in [1.165, 1.54) is 6.42 Å². The maximum Gasteiger partial charge on any atom is 0.338 e. The predicted molar refractivity (Wildman–Crippen MR) is 76.9 cm³/mol. The van der Waals surface area contributed by atoms with Crippen molar-refractivity contribution in [1.82, 2.24) is 0 Å². The third kappa shape index (κ3) is 2.70. The number of alkyl halides is 2. The number of hydrogen-bond donors (Lipinski definition) is 0. The summed E-state index contributed by atoms with van der Waals surface area (Å²) in [6.07, 6.45) is 3.85. The zero-order valence-electron chi connectivity index (χ0n) is 13.6. The number of rotatable bonds is 4. The Balaban J connectivity index is 1.41. The number of hydrogen-bond acceptors (Lipinski definition) is 5. The first-order chi connectivity index (χ1) is 11.2. The fourth-order valence-electron chi connectivity index (χ4n) is 5.26. The van der Waals surface area contributed by atoms with Crippen LogP contribution in [0.4, 0.5) is 8.78 Å². The maximum absolute atomic E-state index is 12.8. The summed E-state index contributed by atoms with van der Waals surface area (Å²) >= 11 is 0. The SMILES string of the molecule is CC(F)(F)COC(=O)CC1OC2(OC1=O)C1CC3CC(C1)CC2C3. The van der Waals surface area contributed by atoms with Crippen LogP contribution in [0.2, 0.25) is 0 Å². The van der Waals surface area contributed by atoms with Crippen molar-refractivity contribution >= 4 is 11.9 Å². The van der Waals surface area contributed by atoms with Gasteiger partial charge >= 0.3 is 11.9 Å². The lowest BCUT2D eigenvalue weighted by atomic mass is 9.53. The van der Waals surface area contributed by atoms with Gasteiger partial charge in [0, 0.05) is 18.8 Å². The minimum Gasteiger partial charge on any atom is -0.459 e. The van der Waals surface area contributed by atoms with Gasteiger partial charge in [0.2, 0.25) is 5.79 Å². The van der Waals surface area contributed by atoms with Crippen LogP contribution in [0.5, 0.6) is 0 Å². The summed E-state index contributed by atoms with van der Waals surface area (Å²) in [6, 6.07) is 0. The van der Waals surface area contributed by atoms with Crippen LogP contribution < -0.4 is 0 Å². The van der Waals surface area contributed by atoms with Crippen molar-refractivity contribution in [3.05, 3.63) is 0 Å². The summed E-state index contributed by atoms with van der Waals surface area (Å²) < 4.78 is 41.7. The van der Waals surface area contributed by atoms with Gasteiger partial charge in [-0.2, -0.15) is 0 Å². The van der Waals surface area contributed by atoms with E-state index in [1.807, 2.05) is 0 Å². The molecule has 1 saturated heterocycles. The van der Waals surface area contributed by atoms with Gasteiger partial charge in [-0.3, -0.25) is 4.79 Å². The van der Waals surface area contributed by atoms with Crippen LogP contribution in [0.1, 0.15) is 45.4 Å². The van der Waals surface area contributed by atoms with Crippen molar-refractivity contribution < 1.29 is 32.6 Å². The van der Waals surface area contributed by atoms with E-state index in [2.05, 4.69) is 4.74 Å². The van der Waals surface area contributed by atoms with Crippen LogP contribution in [0, 0.1) is 23.7 Å². The number of ether oxygens (including phenoxy) is 3. The topological polar surface area (TPSA) is 61.8 Å². The molecular formula is C17H22F2O5. The fraction of sp³-hybridized carbons (Fsp3) is 0.882. The van der Waals surface area contributed by atoms with Crippen LogP contribution in [0.25, 0.3) is 0 Å². The van der Waals surface area contributed by atoms with Gasteiger partial charge < -0.3 is 14.2 Å². The molecule has 0 aromatic rings. The first kappa shape index (κ1) is 16.2. The number of halogens is 2. The summed E-state index contributed by atoms with van der Waals surface area (Å²) in [5, 5.41) is 0. The highest BCUT2D eigenvalue weighted by Crippen LogP contribution is 2.61. The Morgan fingerprint density at radius 2 is 1.79 bits per heavy atom. The van der Waals surface area contributed by atoms with Gasteiger partial charge in [0.1, 0.15) is 0 Å². The Labute approximate surface area is 139 Å². The van der Waals surface area contributed by atoms with E-state index in [9.17, 15) is 18.4 Å². The van der Waals surface area contributed by atoms with Gasteiger partial charge in [0.15, 0.2) is 12.7 Å². The maximum atomic E-state index is 12.8. The van der Waals surface area contributed by atoms with Gasteiger partial charge in [-0.25, -0.2) is 13.6 Å². The fourth-order valence-corrected chi connectivity index (χ4v) is 5.26. The van der Waals surface area contributed by atoms with E-state index in [1.54, 1.807) is 0 Å². The molecule has 5 rings (SSSR count). The Hall–Kier alpha value is -1.24. The lowest BCUT2D eigenvalue weighted by Gasteiger charge is -2.57. The molecule has 4 aliphatic carbocycles. The van der Waals surface area contributed by atoms with Gasteiger partial charge in [-0.05, 0) is 43.9 Å². The molecule has 5 fully saturated rings. The average Bonchev–Trinajstić information content (AvgIpc) is 2.79. The standard InChI is InChI=1S/C17H22F2O5/c1-16(18,19)8-22-14(20)7-13-15(21)24-17(23-13)11-3-9-2-10(5-11)6-12(17)4-9/h9-13H,2-8H2,1H3. The molecule has 0 radical (unpaired) electrons. The van der Waals surface area contributed by atoms with E-state index < -0.39 is 36.4 Å². The van der Waals surface area contributed by atoms with E-state index in [4.69, 9.17) is 9.47 Å². The van der Waals surface area contributed by atoms with Crippen molar-refractivity contribution in [2.75, 3.05) is 6.61 Å². The monoisotopic (exact) mass is 344 g/mol. The molecule has 5 aliphatic rings. The van der Waals surface area contributed by atoms with Gasteiger partial charge in [-0.15, -0.1) is 0 Å². The van der Waals surface area contributed by atoms with Crippen molar-refractivity contribution in [1.29, 1.82) is 0 Å². The Morgan fingerprint density at radius 3 is 2.33 bits per heavy atom. The summed E-state index contributed by atoms with van der Waals surface area (Å²) in [7, 11) is 0. The van der Waals surface area contributed by atoms with Crippen molar-refractivity contribution in [3.63, 3.8) is 0 Å². The Kier molecular flexibility index (Phi) is 3.64. The molecule has 24 heavy (non-hydrogen) atoms. The largest absolute Gasteiger partial charge is 0.459 e. The van der Waals surface area contributed by atoms with Crippen molar-refractivity contribution in [3.8, 4) is 0 Å². The van der Waals surface area contributed by atoms with E-state index in [0.717, 1.165) is 25.7 Å². The van der Waals surface area contributed by atoms with Crippen LogP contribution in [-0.4, -0.2) is 36.4 Å². The molecule has 1 spiro atoms. The second kappa shape index (κ2) is 5.38. The molecule has 1 heterocycles. The molecular weight excluding hydrogens is 322 g/mol. The second-order valence-electron chi connectivity index (χ2n) is 7.99. The lowest BCUT2D eigenvalue weighted by molar-refractivity contribution is -0.290. The highest BCUT2D eigenvalue weighted by atomic mass is 19.3. The quantitative estimate of drug-likeness (QED) is 0.734. The highest BCUT2D eigenvalue weighted by molar-refractivity contribution is 5.83. The third-order valence-corrected chi connectivity index (χ3v) is 5.96. The van der Waals surface area contributed by atoms with Gasteiger partial charge in [0.05, 0.1) is 6.42 Å². The molecule has 0 aromatic carbocycles. The number of carbonyl (C=O) groups excluding carboxylic acids is 2. The second-order valence-corrected chi connectivity index (χ2v) is 7.99. The molecule has 0 N–H and O–H groups in total. The van der Waals surface area contributed by atoms with Crippen molar-refractivity contribution in [2.45, 2.75) is 63.3 Å². The molecule has 5 nitrogen and oxygen atoms in total. The van der Waals surface area contributed by atoms with E-state index >= 15 is 0 Å². The molecule has 0 amide bonds. The Bertz CT molecular complexity index is 528. The summed E-state index contributed by atoms with van der Waals surface area (Å²) in [4.78, 5) is 23.9. The zero-order valence-corrected chi connectivity index (χ0v) is 13.6. The van der Waals surface area contributed by atoms with Gasteiger partial charge in [-0.1, -0.05) is 0 Å². The zero-order chi connectivity index (χ0) is 17.1. The summed E-state index contributed by atoms with van der Waals surface area (Å²) in [6.45, 7) is -0.322. The van der Waals surface area contributed by atoms with Crippen LogP contribution >= 0.6 is 0 Å². The van der Waals surface area contributed by atoms with Crippen LogP contribution in [0.3, 0.4) is 0 Å². The Morgan fingerprint density at radius 1 is 1.21 bits per heavy atom. The lowest BCUT2D eigenvalue weighted by Crippen LogP contribution is -2.58. The minimum atomic E-state index is -3.09.